The summed E-state index contributed by atoms with van der Waals surface area (Å²) in [4.78, 5) is 0. The van der Waals surface area contributed by atoms with Crippen molar-refractivity contribution in [1.29, 1.82) is 0 Å². The summed E-state index contributed by atoms with van der Waals surface area (Å²) in [5.41, 5.74) is 0.458. The Kier molecular flexibility index (Phi) is 2.73. The molecule has 0 spiro atoms. The Labute approximate surface area is 104 Å². The summed E-state index contributed by atoms with van der Waals surface area (Å²) < 4.78 is 38.8. The van der Waals surface area contributed by atoms with Crippen molar-refractivity contribution >= 4 is 5.69 Å². The molecule has 5 heteroatoms. The van der Waals surface area contributed by atoms with E-state index >= 15 is 0 Å². The highest BCUT2D eigenvalue weighted by atomic mass is 19.4. The summed E-state index contributed by atoms with van der Waals surface area (Å²) in [6.07, 6.45) is -1.18. The summed E-state index contributed by atoms with van der Waals surface area (Å²) >= 11 is 0. The number of fused-ring (bicyclic) bond motifs is 1. The fourth-order valence-electron chi connectivity index (χ4n) is 2.50. The van der Waals surface area contributed by atoms with E-state index in [-0.39, 0.29) is 11.7 Å². The van der Waals surface area contributed by atoms with Crippen LogP contribution in [0.2, 0.25) is 0 Å². The van der Waals surface area contributed by atoms with Gasteiger partial charge in [0.1, 0.15) is 0 Å². The minimum Gasteiger partial charge on any atom is -0.384 e. The van der Waals surface area contributed by atoms with Crippen molar-refractivity contribution in [3.05, 3.63) is 29.3 Å². The molecular weight excluding hydrogens is 241 g/mol. The van der Waals surface area contributed by atoms with Gasteiger partial charge < -0.3 is 10.6 Å². The molecule has 2 N–H and O–H groups in total. The second-order valence-electron chi connectivity index (χ2n) is 4.98. The highest BCUT2D eigenvalue weighted by Gasteiger charge is 2.37. The van der Waals surface area contributed by atoms with Crippen molar-refractivity contribution in [3.8, 4) is 0 Å². The van der Waals surface area contributed by atoms with Gasteiger partial charge in [-0.25, -0.2) is 0 Å². The van der Waals surface area contributed by atoms with Crippen molar-refractivity contribution in [2.75, 3.05) is 11.9 Å². The molecule has 0 bridgehead atoms. The second-order valence-corrected chi connectivity index (χ2v) is 4.98. The highest BCUT2D eigenvalue weighted by molar-refractivity contribution is 5.61. The van der Waals surface area contributed by atoms with Crippen molar-refractivity contribution in [2.45, 2.75) is 37.5 Å². The number of rotatable bonds is 2. The first-order chi connectivity index (χ1) is 8.55. The van der Waals surface area contributed by atoms with Gasteiger partial charge in [0.2, 0.25) is 0 Å². The SMILES string of the molecule is FC(F)(F)c1cccc2c1NCCC2NC1CC1. The average Bonchev–Trinajstić information content (AvgIpc) is 3.11. The van der Waals surface area contributed by atoms with Crippen LogP contribution in [0.5, 0.6) is 0 Å². The van der Waals surface area contributed by atoms with Gasteiger partial charge in [-0.05, 0) is 30.9 Å². The van der Waals surface area contributed by atoms with Crippen molar-refractivity contribution < 1.29 is 13.2 Å². The average molecular weight is 256 g/mol. The molecule has 2 nitrogen and oxygen atoms in total. The molecule has 1 aliphatic carbocycles. The molecule has 1 aromatic rings. The minimum atomic E-state index is -4.29. The predicted octanol–water partition coefficient (Wildman–Crippen LogP) is 3.31. The van der Waals surface area contributed by atoms with Gasteiger partial charge in [0.05, 0.1) is 11.3 Å². The van der Waals surface area contributed by atoms with Crippen LogP contribution in [0.25, 0.3) is 0 Å². The largest absolute Gasteiger partial charge is 0.418 e. The molecule has 1 aromatic carbocycles. The molecule has 1 fully saturated rings. The number of anilines is 1. The lowest BCUT2D eigenvalue weighted by molar-refractivity contribution is -0.137. The van der Waals surface area contributed by atoms with E-state index < -0.39 is 11.7 Å². The maximum Gasteiger partial charge on any atom is 0.418 e. The maximum atomic E-state index is 12.9. The Bertz CT molecular complexity index is 452. The first-order valence-electron chi connectivity index (χ1n) is 6.26. The van der Waals surface area contributed by atoms with Gasteiger partial charge in [0.15, 0.2) is 0 Å². The molecule has 0 saturated heterocycles. The van der Waals surface area contributed by atoms with E-state index in [0.29, 0.717) is 12.6 Å². The summed E-state index contributed by atoms with van der Waals surface area (Å²) in [6.45, 7) is 0.588. The molecule has 0 amide bonds. The van der Waals surface area contributed by atoms with Crippen molar-refractivity contribution in [1.82, 2.24) is 5.32 Å². The molecule has 1 unspecified atom stereocenters. The fourth-order valence-corrected chi connectivity index (χ4v) is 2.50. The van der Waals surface area contributed by atoms with Gasteiger partial charge in [0, 0.05) is 18.6 Å². The lowest BCUT2D eigenvalue weighted by atomic mass is 9.94. The van der Waals surface area contributed by atoms with Crippen LogP contribution in [0, 0.1) is 0 Å². The number of alkyl halides is 3. The Morgan fingerprint density at radius 3 is 2.61 bits per heavy atom. The summed E-state index contributed by atoms with van der Waals surface area (Å²) in [6, 6.07) is 4.98. The number of nitrogens with one attached hydrogen (secondary N) is 2. The third kappa shape index (κ3) is 2.19. The van der Waals surface area contributed by atoms with Crippen LogP contribution in [0.15, 0.2) is 18.2 Å². The van der Waals surface area contributed by atoms with Crippen LogP contribution >= 0.6 is 0 Å². The minimum absolute atomic E-state index is 0.0519. The van der Waals surface area contributed by atoms with Crippen molar-refractivity contribution in [2.24, 2.45) is 0 Å². The lowest BCUT2D eigenvalue weighted by Crippen LogP contribution is -2.30. The number of benzene rings is 1. The Morgan fingerprint density at radius 2 is 1.94 bits per heavy atom. The van der Waals surface area contributed by atoms with Gasteiger partial charge in [-0.1, -0.05) is 12.1 Å². The zero-order chi connectivity index (χ0) is 12.8. The van der Waals surface area contributed by atoms with Gasteiger partial charge in [-0.15, -0.1) is 0 Å². The molecule has 0 radical (unpaired) electrons. The van der Waals surface area contributed by atoms with Crippen LogP contribution in [0.1, 0.15) is 36.4 Å². The molecule has 0 aromatic heterocycles. The normalized spacial score (nSPS) is 23.4. The first kappa shape index (κ1) is 11.8. The fraction of sp³-hybridized carbons (Fsp3) is 0.538. The molecular formula is C13H15F3N2. The van der Waals surface area contributed by atoms with E-state index in [1.54, 1.807) is 6.07 Å². The molecule has 1 atom stereocenters. The van der Waals surface area contributed by atoms with E-state index in [0.717, 1.165) is 30.9 Å². The molecule has 18 heavy (non-hydrogen) atoms. The third-order valence-electron chi connectivity index (χ3n) is 3.53. The Morgan fingerprint density at radius 1 is 1.17 bits per heavy atom. The van der Waals surface area contributed by atoms with Gasteiger partial charge in [0.25, 0.3) is 0 Å². The second kappa shape index (κ2) is 4.16. The van der Waals surface area contributed by atoms with E-state index in [4.69, 9.17) is 0 Å². The molecule has 1 heterocycles. The first-order valence-corrected chi connectivity index (χ1v) is 6.26. The molecule has 2 aliphatic rings. The van der Waals surface area contributed by atoms with Crippen LogP contribution in [-0.4, -0.2) is 12.6 Å². The standard InChI is InChI=1S/C13H15F3N2/c14-13(15,16)10-3-1-2-9-11(18-8-4-5-8)6-7-17-12(9)10/h1-3,8,11,17-18H,4-7H2. The number of hydrogen-bond donors (Lipinski definition) is 2. The number of hydrogen-bond acceptors (Lipinski definition) is 2. The third-order valence-corrected chi connectivity index (χ3v) is 3.53. The summed E-state index contributed by atoms with van der Waals surface area (Å²) in [5, 5.41) is 6.32. The number of para-hydroxylation sites is 1. The number of halogens is 3. The van der Waals surface area contributed by atoms with Gasteiger partial charge in [-0.2, -0.15) is 13.2 Å². The van der Waals surface area contributed by atoms with Crippen molar-refractivity contribution in [3.63, 3.8) is 0 Å². The Balaban J connectivity index is 1.96. The van der Waals surface area contributed by atoms with E-state index in [1.165, 1.54) is 6.07 Å². The zero-order valence-electron chi connectivity index (χ0n) is 9.85. The van der Waals surface area contributed by atoms with E-state index in [9.17, 15) is 13.2 Å². The summed E-state index contributed by atoms with van der Waals surface area (Å²) in [7, 11) is 0. The quantitative estimate of drug-likeness (QED) is 0.848. The topological polar surface area (TPSA) is 24.1 Å². The molecule has 3 rings (SSSR count). The molecule has 1 saturated carbocycles. The smallest absolute Gasteiger partial charge is 0.384 e. The van der Waals surface area contributed by atoms with Gasteiger partial charge in [-0.3, -0.25) is 0 Å². The Hall–Kier alpha value is -1.23. The van der Waals surface area contributed by atoms with E-state index in [2.05, 4.69) is 10.6 Å². The summed E-state index contributed by atoms with van der Waals surface area (Å²) in [5.74, 6) is 0. The van der Waals surface area contributed by atoms with Crippen LogP contribution in [-0.2, 0) is 6.18 Å². The van der Waals surface area contributed by atoms with Gasteiger partial charge >= 0.3 is 6.18 Å². The molecule has 98 valence electrons. The monoisotopic (exact) mass is 256 g/mol. The lowest BCUT2D eigenvalue weighted by Gasteiger charge is -2.29. The van der Waals surface area contributed by atoms with Crippen LogP contribution in [0.3, 0.4) is 0 Å². The van der Waals surface area contributed by atoms with Crippen LogP contribution < -0.4 is 10.6 Å². The maximum absolute atomic E-state index is 12.9. The predicted molar refractivity (Wildman–Crippen MR) is 63.4 cm³/mol. The highest BCUT2D eigenvalue weighted by Crippen LogP contribution is 2.41. The van der Waals surface area contributed by atoms with Crippen LogP contribution in [0.4, 0.5) is 18.9 Å². The molecule has 1 aliphatic heterocycles. The van der Waals surface area contributed by atoms with E-state index in [1.807, 2.05) is 0 Å². The zero-order valence-corrected chi connectivity index (χ0v) is 9.85.